The molecule has 1 aliphatic carbocycles. The molecule has 2 aromatic rings. The van der Waals surface area contributed by atoms with Crippen LogP contribution in [0.25, 0.3) is 11.3 Å². The third kappa shape index (κ3) is 2.33. The van der Waals surface area contributed by atoms with E-state index in [1.807, 2.05) is 0 Å². The van der Waals surface area contributed by atoms with Crippen LogP contribution in [0.2, 0.25) is 0 Å². The van der Waals surface area contributed by atoms with E-state index < -0.39 is 0 Å². The summed E-state index contributed by atoms with van der Waals surface area (Å²) < 4.78 is 0. The molecule has 0 saturated heterocycles. The molecule has 0 unspecified atom stereocenters. The first-order chi connectivity index (χ1) is 8.72. The summed E-state index contributed by atoms with van der Waals surface area (Å²) in [5.74, 6) is 0.760. The normalized spacial score (nSPS) is 22.8. The van der Waals surface area contributed by atoms with Crippen LogP contribution in [-0.4, -0.2) is 11.0 Å². The molecule has 94 valence electrons. The van der Waals surface area contributed by atoms with E-state index >= 15 is 0 Å². The predicted molar refractivity (Wildman–Crippen MR) is 76.7 cm³/mol. The molecule has 0 spiro atoms. The lowest BCUT2D eigenvalue weighted by Crippen LogP contribution is -2.37. The SMILES string of the molecule is Cc1ccccc1-c1csc(CC2CC(N)C2)n1. The highest BCUT2D eigenvalue weighted by Crippen LogP contribution is 2.32. The minimum atomic E-state index is 0.436. The Morgan fingerprint density at radius 1 is 1.33 bits per heavy atom. The van der Waals surface area contributed by atoms with E-state index in [1.165, 1.54) is 29.0 Å². The standard InChI is InChI=1S/C15H18N2S/c1-10-4-2-3-5-13(10)14-9-18-15(17-14)8-11-6-12(16)7-11/h2-5,9,11-12H,6-8,16H2,1H3. The molecule has 2 nitrogen and oxygen atoms in total. The van der Waals surface area contributed by atoms with Crippen molar-refractivity contribution in [2.75, 3.05) is 0 Å². The molecule has 18 heavy (non-hydrogen) atoms. The first-order valence-electron chi connectivity index (χ1n) is 6.48. The van der Waals surface area contributed by atoms with Crippen molar-refractivity contribution >= 4 is 11.3 Å². The summed E-state index contributed by atoms with van der Waals surface area (Å²) in [5, 5.41) is 3.43. The zero-order valence-corrected chi connectivity index (χ0v) is 11.4. The summed E-state index contributed by atoms with van der Waals surface area (Å²) >= 11 is 1.78. The zero-order valence-electron chi connectivity index (χ0n) is 10.6. The Kier molecular flexibility index (Phi) is 3.18. The number of hydrogen-bond acceptors (Lipinski definition) is 3. The van der Waals surface area contributed by atoms with Crippen LogP contribution in [0.4, 0.5) is 0 Å². The number of nitrogens with two attached hydrogens (primary N) is 1. The van der Waals surface area contributed by atoms with Crippen LogP contribution in [0.15, 0.2) is 29.6 Å². The van der Waals surface area contributed by atoms with E-state index in [2.05, 4.69) is 36.6 Å². The summed E-state index contributed by atoms with van der Waals surface area (Å²) in [7, 11) is 0. The number of aromatic nitrogens is 1. The van der Waals surface area contributed by atoms with Crippen LogP contribution in [0.5, 0.6) is 0 Å². The third-order valence-corrected chi connectivity index (χ3v) is 4.58. The molecule has 1 fully saturated rings. The maximum atomic E-state index is 5.82. The molecule has 1 aromatic heterocycles. The highest BCUT2D eigenvalue weighted by Gasteiger charge is 2.26. The molecule has 1 heterocycles. The van der Waals surface area contributed by atoms with Crippen molar-refractivity contribution in [3.05, 3.63) is 40.2 Å². The van der Waals surface area contributed by atoms with Gasteiger partial charge in [0.15, 0.2) is 0 Å². The Hall–Kier alpha value is -1.19. The third-order valence-electron chi connectivity index (χ3n) is 3.71. The molecular formula is C15H18N2S. The van der Waals surface area contributed by atoms with Crippen molar-refractivity contribution in [3.63, 3.8) is 0 Å². The average molecular weight is 258 g/mol. The van der Waals surface area contributed by atoms with Crippen LogP contribution >= 0.6 is 11.3 Å². The topological polar surface area (TPSA) is 38.9 Å². The van der Waals surface area contributed by atoms with Crippen molar-refractivity contribution < 1.29 is 0 Å². The molecule has 1 saturated carbocycles. The number of aryl methyl sites for hydroxylation is 1. The molecule has 0 radical (unpaired) electrons. The lowest BCUT2D eigenvalue weighted by Gasteiger charge is -2.31. The number of thiazole rings is 1. The first kappa shape index (κ1) is 11.9. The van der Waals surface area contributed by atoms with Gasteiger partial charge in [-0.1, -0.05) is 24.3 Å². The lowest BCUT2D eigenvalue weighted by molar-refractivity contribution is 0.264. The highest BCUT2D eigenvalue weighted by atomic mass is 32.1. The summed E-state index contributed by atoms with van der Waals surface area (Å²) in [6.07, 6.45) is 3.43. The fourth-order valence-corrected chi connectivity index (χ4v) is 3.50. The second kappa shape index (κ2) is 4.82. The van der Waals surface area contributed by atoms with Gasteiger partial charge in [-0.05, 0) is 31.2 Å². The van der Waals surface area contributed by atoms with E-state index in [0.717, 1.165) is 18.0 Å². The Morgan fingerprint density at radius 2 is 2.11 bits per heavy atom. The minimum Gasteiger partial charge on any atom is -0.328 e. The summed E-state index contributed by atoms with van der Waals surface area (Å²) in [6, 6.07) is 8.87. The minimum absolute atomic E-state index is 0.436. The second-order valence-corrected chi connectivity index (χ2v) is 6.19. The Balaban J connectivity index is 1.75. The largest absolute Gasteiger partial charge is 0.328 e. The van der Waals surface area contributed by atoms with Gasteiger partial charge in [0.25, 0.3) is 0 Å². The van der Waals surface area contributed by atoms with Gasteiger partial charge >= 0.3 is 0 Å². The second-order valence-electron chi connectivity index (χ2n) is 5.24. The van der Waals surface area contributed by atoms with Gasteiger partial charge in [-0.3, -0.25) is 0 Å². The Labute approximate surface area is 112 Å². The number of hydrogen-bond donors (Lipinski definition) is 1. The molecule has 0 atom stereocenters. The Morgan fingerprint density at radius 3 is 2.83 bits per heavy atom. The number of benzene rings is 1. The Bertz CT molecular complexity index is 541. The van der Waals surface area contributed by atoms with Crippen molar-refractivity contribution in [1.29, 1.82) is 0 Å². The maximum Gasteiger partial charge on any atom is 0.0935 e. The van der Waals surface area contributed by atoms with Crippen molar-refractivity contribution in [3.8, 4) is 11.3 Å². The molecule has 0 amide bonds. The van der Waals surface area contributed by atoms with E-state index in [-0.39, 0.29) is 0 Å². The fraction of sp³-hybridized carbons (Fsp3) is 0.400. The predicted octanol–water partition coefficient (Wildman–Crippen LogP) is 3.40. The summed E-state index contributed by atoms with van der Waals surface area (Å²) in [5.41, 5.74) is 9.49. The van der Waals surface area contributed by atoms with Crippen LogP contribution in [-0.2, 0) is 6.42 Å². The smallest absolute Gasteiger partial charge is 0.0935 e. The van der Waals surface area contributed by atoms with Gasteiger partial charge in [0, 0.05) is 23.4 Å². The highest BCUT2D eigenvalue weighted by molar-refractivity contribution is 7.09. The number of rotatable bonds is 3. The molecule has 3 rings (SSSR count). The molecular weight excluding hydrogens is 240 g/mol. The average Bonchev–Trinajstić information content (AvgIpc) is 2.76. The number of nitrogens with zero attached hydrogens (tertiary/aromatic N) is 1. The summed E-state index contributed by atoms with van der Waals surface area (Å²) in [4.78, 5) is 4.77. The van der Waals surface area contributed by atoms with Crippen LogP contribution < -0.4 is 5.73 Å². The van der Waals surface area contributed by atoms with Gasteiger partial charge in [0.05, 0.1) is 10.7 Å². The maximum absolute atomic E-state index is 5.82. The first-order valence-corrected chi connectivity index (χ1v) is 7.36. The van der Waals surface area contributed by atoms with E-state index in [9.17, 15) is 0 Å². The van der Waals surface area contributed by atoms with Crippen LogP contribution in [0.3, 0.4) is 0 Å². The van der Waals surface area contributed by atoms with Crippen molar-refractivity contribution in [1.82, 2.24) is 4.98 Å². The van der Waals surface area contributed by atoms with Gasteiger partial charge in [-0.25, -0.2) is 4.98 Å². The van der Waals surface area contributed by atoms with Crippen LogP contribution in [0.1, 0.15) is 23.4 Å². The zero-order chi connectivity index (χ0) is 12.5. The molecule has 1 aliphatic rings. The molecule has 0 bridgehead atoms. The molecule has 0 aliphatic heterocycles. The van der Waals surface area contributed by atoms with Gasteiger partial charge < -0.3 is 5.73 Å². The lowest BCUT2D eigenvalue weighted by atomic mass is 9.79. The van der Waals surface area contributed by atoms with Gasteiger partial charge in [0.1, 0.15) is 0 Å². The quantitative estimate of drug-likeness (QED) is 0.916. The summed E-state index contributed by atoms with van der Waals surface area (Å²) in [6.45, 7) is 2.14. The van der Waals surface area contributed by atoms with E-state index in [0.29, 0.717) is 6.04 Å². The van der Waals surface area contributed by atoms with Gasteiger partial charge in [-0.15, -0.1) is 11.3 Å². The molecule has 1 aromatic carbocycles. The van der Waals surface area contributed by atoms with E-state index in [4.69, 9.17) is 10.7 Å². The van der Waals surface area contributed by atoms with Crippen LogP contribution in [0, 0.1) is 12.8 Å². The van der Waals surface area contributed by atoms with Gasteiger partial charge in [0.2, 0.25) is 0 Å². The van der Waals surface area contributed by atoms with Gasteiger partial charge in [-0.2, -0.15) is 0 Å². The fourth-order valence-electron chi connectivity index (χ4n) is 2.59. The van der Waals surface area contributed by atoms with Crippen molar-refractivity contribution in [2.45, 2.75) is 32.2 Å². The monoisotopic (exact) mass is 258 g/mol. The van der Waals surface area contributed by atoms with Crippen molar-refractivity contribution in [2.24, 2.45) is 11.7 Å². The molecule has 3 heteroatoms. The van der Waals surface area contributed by atoms with E-state index in [1.54, 1.807) is 11.3 Å². The molecule has 2 N–H and O–H groups in total.